The Morgan fingerprint density at radius 3 is 2.73 bits per heavy atom. The van der Waals surface area contributed by atoms with E-state index in [1.807, 2.05) is 48.7 Å². The van der Waals surface area contributed by atoms with Crippen LogP contribution in [0.1, 0.15) is 17.4 Å². The molecule has 112 valence electrons. The number of ether oxygens (including phenoxy) is 1. The van der Waals surface area contributed by atoms with Crippen molar-refractivity contribution in [3.8, 4) is 17.0 Å². The van der Waals surface area contributed by atoms with E-state index >= 15 is 0 Å². The van der Waals surface area contributed by atoms with E-state index in [1.165, 1.54) is 5.56 Å². The van der Waals surface area contributed by atoms with E-state index in [0.717, 1.165) is 29.3 Å². The molecule has 0 saturated carbocycles. The fourth-order valence-electron chi connectivity index (χ4n) is 2.42. The van der Waals surface area contributed by atoms with Gasteiger partial charge in [0, 0.05) is 11.8 Å². The predicted octanol–water partition coefficient (Wildman–Crippen LogP) is 3.33. The number of nitrogens with two attached hydrogens (primary N) is 1. The summed E-state index contributed by atoms with van der Waals surface area (Å²) in [6.07, 6.45) is 2.64. The number of methoxy groups -OCH3 is 1. The zero-order chi connectivity index (χ0) is 15.4. The van der Waals surface area contributed by atoms with Crippen molar-refractivity contribution >= 4 is 0 Å². The van der Waals surface area contributed by atoms with Gasteiger partial charge in [-0.3, -0.25) is 0 Å². The van der Waals surface area contributed by atoms with Gasteiger partial charge in [-0.2, -0.15) is 0 Å². The summed E-state index contributed by atoms with van der Waals surface area (Å²) in [5.41, 5.74) is 9.34. The molecule has 4 nitrogen and oxygen atoms in total. The molecule has 1 aromatic heterocycles. The molecule has 3 N–H and O–H groups in total. The number of aromatic amines is 1. The smallest absolute Gasteiger partial charge is 0.124 e. The van der Waals surface area contributed by atoms with Gasteiger partial charge in [-0.15, -0.1) is 0 Å². The normalized spacial score (nSPS) is 12.1. The molecule has 0 aliphatic rings. The number of hydrogen-bond donors (Lipinski definition) is 2. The lowest BCUT2D eigenvalue weighted by atomic mass is 10.1. The van der Waals surface area contributed by atoms with Crippen LogP contribution in [0.5, 0.6) is 5.75 Å². The standard InChI is InChI=1S/C18H19N3O/c1-22-15-9-5-8-14(11-15)17-12-20-18(21-17)16(19)10-13-6-3-2-4-7-13/h2-9,11-12,16H,10,19H2,1H3,(H,20,21). The van der Waals surface area contributed by atoms with Crippen LogP contribution in [-0.4, -0.2) is 17.1 Å². The van der Waals surface area contributed by atoms with Crippen molar-refractivity contribution in [2.24, 2.45) is 5.73 Å². The average Bonchev–Trinajstić information content (AvgIpc) is 3.06. The molecule has 2 aromatic carbocycles. The molecule has 3 aromatic rings. The van der Waals surface area contributed by atoms with E-state index in [1.54, 1.807) is 7.11 Å². The van der Waals surface area contributed by atoms with Crippen LogP contribution in [-0.2, 0) is 6.42 Å². The van der Waals surface area contributed by atoms with Crippen LogP contribution in [0.25, 0.3) is 11.3 Å². The minimum atomic E-state index is -0.151. The van der Waals surface area contributed by atoms with Gasteiger partial charge in [-0.1, -0.05) is 42.5 Å². The summed E-state index contributed by atoms with van der Waals surface area (Å²) < 4.78 is 5.25. The number of H-pyrrole nitrogens is 1. The molecule has 1 heterocycles. The fourth-order valence-corrected chi connectivity index (χ4v) is 2.42. The molecule has 1 unspecified atom stereocenters. The van der Waals surface area contributed by atoms with Crippen LogP contribution < -0.4 is 10.5 Å². The Bertz CT molecular complexity index is 737. The van der Waals surface area contributed by atoms with Gasteiger partial charge >= 0.3 is 0 Å². The highest BCUT2D eigenvalue weighted by Gasteiger charge is 2.12. The number of imidazole rings is 1. The first kappa shape index (κ1) is 14.4. The minimum absolute atomic E-state index is 0.151. The van der Waals surface area contributed by atoms with E-state index in [2.05, 4.69) is 22.1 Å². The third-order valence-electron chi connectivity index (χ3n) is 3.61. The SMILES string of the molecule is COc1cccc(-c2c[nH]c(C(N)Cc3ccccc3)n2)c1. The molecule has 1 atom stereocenters. The van der Waals surface area contributed by atoms with Gasteiger partial charge in [0.15, 0.2) is 0 Å². The van der Waals surface area contributed by atoms with Gasteiger partial charge in [0.2, 0.25) is 0 Å². The molecule has 0 fully saturated rings. The number of rotatable bonds is 5. The van der Waals surface area contributed by atoms with Crippen LogP contribution in [0.3, 0.4) is 0 Å². The molecule has 0 aliphatic heterocycles. The minimum Gasteiger partial charge on any atom is -0.497 e. The maximum absolute atomic E-state index is 6.26. The van der Waals surface area contributed by atoms with Gasteiger partial charge in [0.25, 0.3) is 0 Å². The van der Waals surface area contributed by atoms with E-state index < -0.39 is 0 Å². The summed E-state index contributed by atoms with van der Waals surface area (Å²) in [6, 6.07) is 17.9. The molecule has 3 rings (SSSR count). The Balaban J connectivity index is 1.78. The monoisotopic (exact) mass is 293 g/mol. The first-order valence-corrected chi connectivity index (χ1v) is 7.25. The number of benzene rings is 2. The molecule has 22 heavy (non-hydrogen) atoms. The second-order valence-corrected chi connectivity index (χ2v) is 5.20. The zero-order valence-corrected chi connectivity index (χ0v) is 12.5. The van der Waals surface area contributed by atoms with E-state index in [9.17, 15) is 0 Å². The van der Waals surface area contributed by atoms with Crippen molar-refractivity contribution in [2.45, 2.75) is 12.5 Å². The Hall–Kier alpha value is -2.59. The molecule has 0 radical (unpaired) electrons. The van der Waals surface area contributed by atoms with Gasteiger partial charge in [-0.05, 0) is 24.1 Å². The van der Waals surface area contributed by atoms with E-state index in [0.29, 0.717) is 0 Å². The molecule has 0 aliphatic carbocycles. The maximum atomic E-state index is 6.26. The maximum Gasteiger partial charge on any atom is 0.124 e. The number of hydrogen-bond acceptors (Lipinski definition) is 3. The Kier molecular flexibility index (Phi) is 4.21. The van der Waals surface area contributed by atoms with Crippen LogP contribution in [0, 0.1) is 0 Å². The Morgan fingerprint density at radius 1 is 1.14 bits per heavy atom. The molecular formula is C18H19N3O. The Morgan fingerprint density at radius 2 is 1.95 bits per heavy atom. The van der Waals surface area contributed by atoms with Crippen molar-refractivity contribution in [1.29, 1.82) is 0 Å². The second-order valence-electron chi connectivity index (χ2n) is 5.20. The third-order valence-corrected chi connectivity index (χ3v) is 3.61. The lowest BCUT2D eigenvalue weighted by Gasteiger charge is -2.08. The van der Waals surface area contributed by atoms with Crippen molar-refractivity contribution < 1.29 is 4.74 Å². The van der Waals surface area contributed by atoms with Crippen LogP contribution in [0.15, 0.2) is 60.8 Å². The number of nitrogens with zero attached hydrogens (tertiary/aromatic N) is 1. The second kappa shape index (κ2) is 6.45. The Labute approximate surface area is 130 Å². The van der Waals surface area contributed by atoms with Gasteiger partial charge in [-0.25, -0.2) is 4.98 Å². The lowest BCUT2D eigenvalue weighted by Crippen LogP contribution is -2.14. The molecule has 0 amide bonds. The van der Waals surface area contributed by atoms with Gasteiger partial charge in [0.05, 0.1) is 18.8 Å². The average molecular weight is 293 g/mol. The van der Waals surface area contributed by atoms with Crippen molar-refractivity contribution in [3.63, 3.8) is 0 Å². The zero-order valence-electron chi connectivity index (χ0n) is 12.5. The van der Waals surface area contributed by atoms with Crippen LogP contribution >= 0.6 is 0 Å². The summed E-state index contributed by atoms with van der Waals surface area (Å²) in [6.45, 7) is 0. The summed E-state index contributed by atoms with van der Waals surface area (Å²) >= 11 is 0. The van der Waals surface area contributed by atoms with Crippen LogP contribution in [0.4, 0.5) is 0 Å². The number of aromatic nitrogens is 2. The highest BCUT2D eigenvalue weighted by Crippen LogP contribution is 2.23. The lowest BCUT2D eigenvalue weighted by molar-refractivity contribution is 0.415. The van der Waals surface area contributed by atoms with Crippen LogP contribution in [0.2, 0.25) is 0 Å². The molecular weight excluding hydrogens is 274 g/mol. The summed E-state index contributed by atoms with van der Waals surface area (Å²) in [7, 11) is 1.66. The quantitative estimate of drug-likeness (QED) is 0.758. The van der Waals surface area contributed by atoms with Crippen molar-refractivity contribution in [3.05, 3.63) is 72.2 Å². The van der Waals surface area contributed by atoms with Gasteiger partial charge < -0.3 is 15.5 Å². The highest BCUT2D eigenvalue weighted by atomic mass is 16.5. The summed E-state index contributed by atoms with van der Waals surface area (Å²) in [5.74, 6) is 1.61. The van der Waals surface area contributed by atoms with E-state index in [-0.39, 0.29) is 6.04 Å². The van der Waals surface area contributed by atoms with Crippen molar-refractivity contribution in [2.75, 3.05) is 7.11 Å². The largest absolute Gasteiger partial charge is 0.497 e. The first-order valence-electron chi connectivity index (χ1n) is 7.25. The predicted molar refractivity (Wildman–Crippen MR) is 87.7 cm³/mol. The van der Waals surface area contributed by atoms with Gasteiger partial charge in [0.1, 0.15) is 11.6 Å². The summed E-state index contributed by atoms with van der Waals surface area (Å²) in [5, 5.41) is 0. The van der Waals surface area contributed by atoms with E-state index in [4.69, 9.17) is 10.5 Å². The molecule has 0 bridgehead atoms. The van der Waals surface area contributed by atoms with Crippen molar-refractivity contribution in [1.82, 2.24) is 9.97 Å². The molecule has 0 spiro atoms. The molecule has 4 heteroatoms. The number of nitrogens with one attached hydrogen (secondary N) is 1. The third kappa shape index (κ3) is 3.18. The molecule has 0 saturated heterocycles. The highest BCUT2D eigenvalue weighted by molar-refractivity contribution is 5.60. The fraction of sp³-hybridized carbons (Fsp3) is 0.167. The summed E-state index contributed by atoms with van der Waals surface area (Å²) in [4.78, 5) is 7.80. The topological polar surface area (TPSA) is 63.9 Å². The first-order chi connectivity index (χ1) is 10.8.